The van der Waals surface area contributed by atoms with Crippen molar-refractivity contribution in [2.45, 2.75) is 57.0 Å². The molecule has 0 aromatic carbocycles. The van der Waals surface area contributed by atoms with E-state index in [-0.39, 0.29) is 11.9 Å². The van der Waals surface area contributed by atoms with Gasteiger partial charge >= 0.3 is 5.97 Å². The number of fused-ring (bicyclic) bond motifs is 1. The highest BCUT2D eigenvalue weighted by Gasteiger charge is 2.47. The highest BCUT2D eigenvalue weighted by atomic mass is 16.4. The van der Waals surface area contributed by atoms with Crippen LogP contribution in [0, 0.1) is 5.92 Å². The van der Waals surface area contributed by atoms with Crippen LogP contribution in [-0.4, -0.2) is 52.0 Å². The molecule has 1 aliphatic carbocycles. The molecule has 3 atom stereocenters. The molecule has 6 nitrogen and oxygen atoms in total. The molecule has 4 rings (SSSR count). The van der Waals surface area contributed by atoms with E-state index in [0.717, 1.165) is 44.6 Å². The predicted molar refractivity (Wildman–Crippen MR) is 93.6 cm³/mol. The van der Waals surface area contributed by atoms with Gasteiger partial charge in [0.25, 0.3) is 5.91 Å². The van der Waals surface area contributed by atoms with E-state index in [0.29, 0.717) is 17.9 Å². The molecule has 0 bridgehead atoms. The van der Waals surface area contributed by atoms with Gasteiger partial charge in [0, 0.05) is 25.3 Å². The smallest absolute Gasteiger partial charge is 0.326 e. The van der Waals surface area contributed by atoms with E-state index in [2.05, 4.69) is 9.88 Å². The summed E-state index contributed by atoms with van der Waals surface area (Å²) in [5.74, 6) is 0.170. The van der Waals surface area contributed by atoms with E-state index >= 15 is 0 Å². The molecule has 3 unspecified atom stereocenters. The van der Waals surface area contributed by atoms with Crippen LogP contribution < -0.4 is 4.90 Å². The molecule has 1 amide bonds. The Kier molecular flexibility index (Phi) is 4.36. The number of likely N-dealkylation sites (tertiary alicyclic amines) is 1. The van der Waals surface area contributed by atoms with Crippen LogP contribution in [0.3, 0.4) is 0 Å². The fourth-order valence-electron chi connectivity index (χ4n) is 4.77. The van der Waals surface area contributed by atoms with Gasteiger partial charge in [-0.3, -0.25) is 4.79 Å². The van der Waals surface area contributed by atoms with Crippen molar-refractivity contribution in [3.63, 3.8) is 0 Å². The van der Waals surface area contributed by atoms with Gasteiger partial charge in [-0.05, 0) is 50.2 Å². The maximum absolute atomic E-state index is 13.1. The number of carboxylic acid groups (broad SMARTS) is 1. The fraction of sp³-hybridized carbons (Fsp3) is 0.632. The maximum atomic E-state index is 13.1. The summed E-state index contributed by atoms with van der Waals surface area (Å²) in [4.78, 5) is 33.1. The molecule has 2 aliphatic heterocycles. The molecule has 2 saturated heterocycles. The van der Waals surface area contributed by atoms with Crippen molar-refractivity contribution in [2.75, 3.05) is 18.0 Å². The molecule has 0 spiro atoms. The van der Waals surface area contributed by atoms with Crippen LogP contribution in [-0.2, 0) is 4.79 Å². The Morgan fingerprint density at radius 2 is 1.84 bits per heavy atom. The van der Waals surface area contributed by atoms with Crippen LogP contribution in [0.15, 0.2) is 18.3 Å². The van der Waals surface area contributed by atoms with Crippen molar-refractivity contribution in [3.8, 4) is 0 Å². The van der Waals surface area contributed by atoms with E-state index in [4.69, 9.17) is 0 Å². The molecule has 1 aromatic heterocycles. The van der Waals surface area contributed by atoms with Crippen LogP contribution >= 0.6 is 0 Å². The van der Waals surface area contributed by atoms with Crippen molar-refractivity contribution in [1.29, 1.82) is 0 Å². The molecule has 1 N–H and O–H groups in total. The summed E-state index contributed by atoms with van der Waals surface area (Å²) in [5.41, 5.74) is 0.500. The Balaban J connectivity index is 1.56. The number of rotatable bonds is 3. The molecule has 25 heavy (non-hydrogen) atoms. The van der Waals surface area contributed by atoms with Gasteiger partial charge in [-0.15, -0.1) is 0 Å². The number of hydrogen-bond acceptors (Lipinski definition) is 4. The highest BCUT2D eigenvalue weighted by Crippen LogP contribution is 2.40. The van der Waals surface area contributed by atoms with Crippen LogP contribution in [0.1, 0.15) is 55.3 Å². The van der Waals surface area contributed by atoms with Crippen LogP contribution in [0.4, 0.5) is 5.82 Å². The Bertz CT molecular complexity index is 654. The average Bonchev–Trinajstić information content (AvgIpc) is 3.29. The topological polar surface area (TPSA) is 73.7 Å². The second kappa shape index (κ2) is 6.65. The number of amides is 1. The number of anilines is 1. The van der Waals surface area contributed by atoms with E-state index in [1.165, 1.54) is 12.8 Å². The summed E-state index contributed by atoms with van der Waals surface area (Å²) in [6, 6.07) is 3.07. The zero-order valence-corrected chi connectivity index (χ0v) is 14.4. The molecule has 1 saturated carbocycles. The molecule has 3 aliphatic rings. The lowest BCUT2D eigenvalue weighted by molar-refractivity contribution is -0.141. The number of carboxylic acids is 1. The Hall–Kier alpha value is -2.11. The quantitative estimate of drug-likeness (QED) is 0.913. The van der Waals surface area contributed by atoms with Crippen molar-refractivity contribution in [2.24, 2.45) is 5.92 Å². The monoisotopic (exact) mass is 343 g/mol. The van der Waals surface area contributed by atoms with Gasteiger partial charge in [0.1, 0.15) is 11.9 Å². The van der Waals surface area contributed by atoms with E-state index in [1.807, 2.05) is 6.07 Å². The second-order valence-electron chi connectivity index (χ2n) is 7.51. The van der Waals surface area contributed by atoms with Crippen LogP contribution in [0.2, 0.25) is 0 Å². The second-order valence-corrected chi connectivity index (χ2v) is 7.51. The Morgan fingerprint density at radius 3 is 2.52 bits per heavy atom. The number of carbonyl (C=O) groups is 2. The van der Waals surface area contributed by atoms with Crippen LogP contribution in [0.5, 0.6) is 0 Å². The first-order valence-corrected chi connectivity index (χ1v) is 9.41. The minimum atomic E-state index is -0.885. The first kappa shape index (κ1) is 16.4. The van der Waals surface area contributed by atoms with Gasteiger partial charge in [-0.25, -0.2) is 9.78 Å². The van der Waals surface area contributed by atoms with Gasteiger partial charge in [-0.2, -0.15) is 0 Å². The highest BCUT2D eigenvalue weighted by molar-refractivity contribution is 5.97. The summed E-state index contributed by atoms with van der Waals surface area (Å²) in [7, 11) is 0. The molecule has 1 aromatic rings. The van der Waals surface area contributed by atoms with E-state index in [9.17, 15) is 14.7 Å². The number of pyridine rings is 1. The minimum Gasteiger partial charge on any atom is -0.480 e. The zero-order chi connectivity index (χ0) is 17.4. The first-order chi connectivity index (χ1) is 12.1. The lowest BCUT2D eigenvalue weighted by Crippen LogP contribution is -2.46. The summed E-state index contributed by atoms with van der Waals surface area (Å²) in [5, 5.41) is 9.60. The fourth-order valence-corrected chi connectivity index (χ4v) is 4.77. The standard InChI is InChI=1S/C19H25N3O3/c23-18(14-7-8-17(20-12-14)21-9-3-4-10-21)22-15-6-2-1-5-13(15)11-16(22)19(24)25/h7-8,12-13,15-16H,1-6,9-11H2,(H,24,25). The van der Waals surface area contributed by atoms with Gasteiger partial charge in [-0.1, -0.05) is 12.8 Å². The van der Waals surface area contributed by atoms with Gasteiger partial charge in [0.15, 0.2) is 0 Å². The normalized spacial score (nSPS) is 28.9. The van der Waals surface area contributed by atoms with Gasteiger partial charge in [0.2, 0.25) is 0 Å². The van der Waals surface area contributed by atoms with E-state index < -0.39 is 12.0 Å². The number of carbonyl (C=O) groups excluding carboxylic acids is 1. The SMILES string of the molecule is O=C(O)C1CC2CCCCC2N1C(=O)c1ccc(N2CCCC2)nc1. The third kappa shape index (κ3) is 2.98. The molecular formula is C19H25N3O3. The molecular weight excluding hydrogens is 318 g/mol. The largest absolute Gasteiger partial charge is 0.480 e. The molecule has 3 fully saturated rings. The third-order valence-electron chi connectivity index (χ3n) is 6.03. The molecule has 134 valence electrons. The van der Waals surface area contributed by atoms with Crippen molar-refractivity contribution < 1.29 is 14.7 Å². The van der Waals surface area contributed by atoms with Gasteiger partial charge in [0.05, 0.1) is 5.56 Å². The van der Waals surface area contributed by atoms with Crippen molar-refractivity contribution in [3.05, 3.63) is 23.9 Å². The number of hydrogen-bond donors (Lipinski definition) is 1. The van der Waals surface area contributed by atoms with Crippen LogP contribution in [0.25, 0.3) is 0 Å². The molecule has 0 radical (unpaired) electrons. The molecule has 6 heteroatoms. The third-order valence-corrected chi connectivity index (χ3v) is 6.03. The Labute approximate surface area is 147 Å². The lowest BCUT2D eigenvalue weighted by Gasteiger charge is -2.33. The lowest BCUT2D eigenvalue weighted by atomic mass is 9.84. The number of aliphatic carboxylic acids is 1. The summed E-state index contributed by atoms with van der Waals surface area (Å²) >= 11 is 0. The predicted octanol–water partition coefficient (Wildman–Crippen LogP) is 2.54. The number of nitrogens with zero attached hydrogens (tertiary/aromatic N) is 3. The first-order valence-electron chi connectivity index (χ1n) is 9.41. The number of aromatic nitrogens is 1. The molecule has 3 heterocycles. The Morgan fingerprint density at radius 1 is 1.08 bits per heavy atom. The minimum absolute atomic E-state index is 0.0700. The summed E-state index contributed by atoms with van der Waals surface area (Å²) < 4.78 is 0. The maximum Gasteiger partial charge on any atom is 0.326 e. The van der Waals surface area contributed by atoms with Gasteiger partial charge < -0.3 is 14.9 Å². The average molecular weight is 343 g/mol. The van der Waals surface area contributed by atoms with Crippen molar-refractivity contribution >= 4 is 17.7 Å². The van der Waals surface area contributed by atoms with E-state index in [1.54, 1.807) is 17.2 Å². The van der Waals surface area contributed by atoms with Crippen molar-refractivity contribution in [1.82, 2.24) is 9.88 Å². The zero-order valence-electron chi connectivity index (χ0n) is 14.4. The summed E-state index contributed by atoms with van der Waals surface area (Å²) in [6.45, 7) is 2.02. The summed E-state index contributed by atoms with van der Waals surface area (Å²) in [6.07, 6.45) is 8.73.